The van der Waals surface area contributed by atoms with Crippen LogP contribution in [0.2, 0.25) is 0 Å². The Labute approximate surface area is 118 Å². The van der Waals surface area contributed by atoms with Crippen molar-refractivity contribution in [1.82, 2.24) is 4.90 Å². The summed E-state index contributed by atoms with van der Waals surface area (Å²) in [6.45, 7) is 1.27. The number of carboxylic acid groups (broad SMARTS) is 1. The highest BCUT2D eigenvalue weighted by Crippen LogP contribution is 2.34. The molecule has 7 heteroatoms. The maximum atomic E-state index is 12.0. The lowest BCUT2D eigenvalue weighted by Crippen LogP contribution is -2.41. The number of benzene rings is 1. The molecule has 0 radical (unpaired) electrons. The van der Waals surface area contributed by atoms with Crippen molar-refractivity contribution >= 4 is 35.0 Å². The number of nitrogens with zero attached hydrogens (tertiary/aromatic N) is 1. The minimum Gasteiger partial charge on any atom is -0.507 e. The fourth-order valence-corrected chi connectivity index (χ4v) is 2.57. The number of amides is 2. The Balaban J connectivity index is 2.33. The Hall–Kier alpha value is -2.28. The zero-order chi connectivity index (χ0) is 14.9. The van der Waals surface area contributed by atoms with Crippen LogP contribution in [0.25, 0.3) is 6.08 Å². The number of phenolic OH excluding ortho intramolecular Hbond substituents is 1. The molecule has 1 aliphatic rings. The highest BCUT2D eigenvalue weighted by molar-refractivity contribution is 8.18. The molecule has 1 aliphatic heterocycles. The quantitative estimate of drug-likeness (QED) is 0.826. The van der Waals surface area contributed by atoms with Gasteiger partial charge in [-0.1, -0.05) is 18.2 Å². The van der Waals surface area contributed by atoms with Crippen molar-refractivity contribution in [2.24, 2.45) is 0 Å². The molecule has 6 nitrogen and oxygen atoms in total. The van der Waals surface area contributed by atoms with Gasteiger partial charge in [0, 0.05) is 5.56 Å². The lowest BCUT2D eigenvalue weighted by molar-refractivity contribution is -0.145. The van der Waals surface area contributed by atoms with Gasteiger partial charge in [-0.3, -0.25) is 14.5 Å². The first-order valence-corrected chi connectivity index (χ1v) is 6.51. The van der Waals surface area contributed by atoms with Gasteiger partial charge in [0.1, 0.15) is 11.8 Å². The summed E-state index contributed by atoms with van der Waals surface area (Å²) in [6.07, 6.45) is 1.37. The van der Waals surface area contributed by atoms with E-state index in [0.29, 0.717) is 22.2 Å². The van der Waals surface area contributed by atoms with Crippen LogP contribution in [0.4, 0.5) is 4.79 Å². The summed E-state index contributed by atoms with van der Waals surface area (Å²) in [7, 11) is 0. The smallest absolute Gasteiger partial charge is 0.326 e. The van der Waals surface area contributed by atoms with Crippen LogP contribution in [-0.2, 0) is 9.59 Å². The fraction of sp³-hybridized carbons (Fsp3) is 0.154. The number of carboxylic acids is 1. The summed E-state index contributed by atoms with van der Waals surface area (Å²) in [5.74, 6) is -1.94. The molecule has 1 aromatic rings. The predicted molar refractivity (Wildman–Crippen MR) is 73.0 cm³/mol. The van der Waals surface area contributed by atoms with E-state index in [4.69, 9.17) is 5.11 Å². The van der Waals surface area contributed by atoms with E-state index >= 15 is 0 Å². The number of carbonyl (C=O) groups is 3. The second-order valence-electron chi connectivity index (χ2n) is 4.12. The van der Waals surface area contributed by atoms with Crippen molar-refractivity contribution in [2.75, 3.05) is 0 Å². The lowest BCUT2D eigenvalue weighted by atomic mass is 10.2. The molecule has 104 valence electrons. The van der Waals surface area contributed by atoms with Gasteiger partial charge in [-0.15, -0.1) is 0 Å². The van der Waals surface area contributed by atoms with E-state index < -0.39 is 23.2 Å². The highest BCUT2D eigenvalue weighted by Gasteiger charge is 2.40. The van der Waals surface area contributed by atoms with Crippen molar-refractivity contribution in [3.63, 3.8) is 0 Å². The van der Waals surface area contributed by atoms with Gasteiger partial charge in [-0.25, -0.2) is 4.79 Å². The average molecular weight is 293 g/mol. The Morgan fingerprint density at radius 1 is 1.35 bits per heavy atom. The third kappa shape index (κ3) is 2.53. The second-order valence-corrected chi connectivity index (χ2v) is 5.12. The monoisotopic (exact) mass is 293 g/mol. The van der Waals surface area contributed by atoms with Crippen LogP contribution in [0.5, 0.6) is 5.75 Å². The minimum atomic E-state index is -1.25. The summed E-state index contributed by atoms with van der Waals surface area (Å²) >= 11 is 0.655. The standard InChI is InChI=1S/C13H11NO5S/c1-7(12(17)18)14-11(16)10(20-13(14)19)6-8-4-2-3-5-9(8)15/h2-7,15H,1H3,(H,17,18)/b10-6-/t7-/m1/s1. The molecule has 1 aromatic carbocycles. The Kier molecular flexibility index (Phi) is 3.80. The molecule has 2 rings (SSSR count). The van der Waals surface area contributed by atoms with Crippen molar-refractivity contribution in [3.05, 3.63) is 34.7 Å². The van der Waals surface area contributed by atoms with Crippen LogP contribution in [0.15, 0.2) is 29.2 Å². The molecule has 1 fully saturated rings. The van der Waals surface area contributed by atoms with Crippen LogP contribution in [0.3, 0.4) is 0 Å². The van der Waals surface area contributed by atoms with Crippen LogP contribution < -0.4 is 0 Å². The summed E-state index contributed by atoms with van der Waals surface area (Å²) in [5.41, 5.74) is 0.390. The molecule has 0 bridgehead atoms. The van der Waals surface area contributed by atoms with E-state index in [1.54, 1.807) is 18.2 Å². The van der Waals surface area contributed by atoms with Crippen molar-refractivity contribution in [1.29, 1.82) is 0 Å². The zero-order valence-corrected chi connectivity index (χ0v) is 11.3. The molecule has 2 N–H and O–H groups in total. The van der Waals surface area contributed by atoms with E-state index in [1.807, 2.05) is 0 Å². The Morgan fingerprint density at radius 3 is 2.60 bits per heavy atom. The molecule has 0 aromatic heterocycles. The number of thioether (sulfide) groups is 1. The number of aliphatic carboxylic acids is 1. The van der Waals surface area contributed by atoms with Crippen LogP contribution >= 0.6 is 11.8 Å². The number of hydrogen-bond donors (Lipinski definition) is 2. The van der Waals surface area contributed by atoms with Gasteiger partial charge < -0.3 is 10.2 Å². The maximum absolute atomic E-state index is 12.0. The topological polar surface area (TPSA) is 94.9 Å². The summed E-state index contributed by atoms with van der Waals surface area (Å²) in [6, 6.07) is 5.12. The zero-order valence-electron chi connectivity index (χ0n) is 10.4. The van der Waals surface area contributed by atoms with Crippen molar-refractivity contribution in [2.45, 2.75) is 13.0 Å². The highest BCUT2D eigenvalue weighted by atomic mass is 32.2. The molecule has 1 heterocycles. The van der Waals surface area contributed by atoms with Gasteiger partial charge in [0.15, 0.2) is 0 Å². The average Bonchev–Trinajstić information content (AvgIpc) is 2.66. The van der Waals surface area contributed by atoms with Crippen LogP contribution in [-0.4, -0.2) is 38.3 Å². The SMILES string of the molecule is C[C@H](C(=O)O)N1C(=O)S/C(=C\c2ccccc2O)C1=O. The van der Waals surface area contributed by atoms with Crippen LogP contribution in [0.1, 0.15) is 12.5 Å². The molecule has 0 saturated carbocycles. The van der Waals surface area contributed by atoms with Gasteiger partial charge in [-0.2, -0.15) is 0 Å². The number of phenols is 1. The number of aromatic hydroxyl groups is 1. The third-order valence-electron chi connectivity index (χ3n) is 2.79. The van der Waals surface area contributed by atoms with E-state index in [-0.39, 0.29) is 10.7 Å². The molecule has 2 amide bonds. The maximum Gasteiger partial charge on any atom is 0.326 e. The van der Waals surface area contributed by atoms with E-state index in [0.717, 1.165) is 0 Å². The molecule has 0 spiro atoms. The molecular formula is C13H11NO5S. The van der Waals surface area contributed by atoms with E-state index in [9.17, 15) is 19.5 Å². The predicted octanol–water partition coefficient (Wildman–Crippen LogP) is 1.90. The second kappa shape index (κ2) is 5.38. The van der Waals surface area contributed by atoms with Gasteiger partial charge >= 0.3 is 5.97 Å². The molecule has 0 unspecified atom stereocenters. The van der Waals surface area contributed by atoms with Gasteiger partial charge in [0.05, 0.1) is 4.91 Å². The Morgan fingerprint density at radius 2 is 2.00 bits per heavy atom. The molecule has 1 atom stereocenters. The third-order valence-corrected chi connectivity index (χ3v) is 3.68. The summed E-state index contributed by atoms with van der Waals surface area (Å²) in [5, 5.41) is 17.9. The number of hydrogen-bond acceptors (Lipinski definition) is 5. The number of carbonyl (C=O) groups excluding carboxylic acids is 2. The van der Waals surface area contributed by atoms with Gasteiger partial charge in [0.2, 0.25) is 0 Å². The molecular weight excluding hydrogens is 282 g/mol. The summed E-state index contributed by atoms with van der Waals surface area (Å²) in [4.78, 5) is 35.4. The number of imide groups is 1. The van der Waals surface area contributed by atoms with E-state index in [2.05, 4.69) is 0 Å². The van der Waals surface area contributed by atoms with Gasteiger partial charge in [0.25, 0.3) is 11.1 Å². The minimum absolute atomic E-state index is 0.0226. The molecule has 0 aliphatic carbocycles. The number of para-hydroxylation sites is 1. The lowest BCUT2D eigenvalue weighted by Gasteiger charge is -2.16. The molecule has 20 heavy (non-hydrogen) atoms. The first kappa shape index (κ1) is 14.1. The molecule has 1 saturated heterocycles. The first-order valence-electron chi connectivity index (χ1n) is 5.69. The van der Waals surface area contributed by atoms with E-state index in [1.165, 1.54) is 19.1 Å². The van der Waals surface area contributed by atoms with Crippen LogP contribution in [0, 0.1) is 0 Å². The van der Waals surface area contributed by atoms with Crippen molar-refractivity contribution < 1.29 is 24.6 Å². The number of rotatable bonds is 3. The van der Waals surface area contributed by atoms with Crippen molar-refractivity contribution in [3.8, 4) is 5.75 Å². The normalized spacial score (nSPS) is 18.6. The first-order chi connectivity index (χ1) is 9.41. The fourth-order valence-electron chi connectivity index (χ4n) is 1.67. The Bertz CT molecular complexity index is 625. The largest absolute Gasteiger partial charge is 0.507 e. The van der Waals surface area contributed by atoms with Gasteiger partial charge in [-0.05, 0) is 30.8 Å². The summed E-state index contributed by atoms with van der Waals surface area (Å²) < 4.78 is 0.